The van der Waals surface area contributed by atoms with Crippen LogP contribution in [0.2, 0.25) is 0 Å². The molecular weight excluding hydrogens is 358 g/mol. The second kappa shape index (κ2) is 6.36. The fourth-order valence-electron chi connectivity index (χ4n) is 1.63. The zero-order valence-electron chi connectivity index (χ0n) is 9.61. The Bertz CT molecular complexity index is 516. The van der Waals surface area contributed by atoms with Crippen molar-refractivity contribution in [3.05, 3.63) is 63.0 Å². The van der Waals surface area contributed by atoms with Crippen molar-refractivity contribution in [1.29, 1.82) is 0 Å². The Labute approximate surface area is 123 Å². The van der Waals surface area contributed by atoms with Gasteiger partial charge in [0.2, 0.25) is 0 Å². The molecule has 2 aromatic rings. The van der Waals surface area contributed by atoms with Gasteiger partial charge in [-0.25, -0.2) is 0 Å². The van der Waals surface area contributed by atoms with Crippen LogP contribution in [-0.4, -0.2) is 11.7 Å². The molecule has 0 aliphatic carbocycles. The van der Waals surface area contributed by atoms with E-state index in [1.165, 1.54) is 0 Å². The largest absolute Gasteiger partial charge is 0.387 e. The maximum absolute atomic E-state index is 10.1. The smallest absolute Gasteiger partial charge is 0.0962 e. The Morgan fingerprint density at radius 3 is 2.50 bits per heavy atom. The fraction of sp³-hybridized carbons (Fsp3) is 0.143. The number of benzene rings is 2. The van der Waals surface area contributed by atoms with Crippen molar-refractivity contribution in [2.45, 2.75) is 6.10 Å². The van der Waals surface area contributed by atoms with E-state index in [-0.39, 0.29) is 0 Å². The Morgan fingerprint density at radius 2 is 1.78 bits per heavy atom. The number of rotatable bonds is 4. The number of hydrogen-bond acceptors (Lipinski definition) is 2. The van der Waals surface area contributed by atoms with Crippen LogP contribution in [0, 0.1) is 0 Å². The van der Waals surface area contributed by atoms with Crippen LogP contribution in [0.5, 0.6) is 0 Å². The molecule has 1 atom stereocenters. The van der Waals surface area contributed by atoms with Gasteiger partial charge in [0, 0.05) is 21.2 Å². The minimum absolute atomic E-state index is 0.471. The van der Waals surface area contributed by atoms with E-state index in [0.717, 1.165) is 20.2 Å². The Kier molecular flexibility index (Phi) is 4.80. The van der Waals surface area contributed by atoms with Gasteiger partial charge in [-0.3, -0.25) is 0 Å². The molecular formula is C14H13Br2NO. The monoisotopic (exact) mass is 369 g/mol. The number of anilines is 1. The molecule has 0 spiro atoms. The lowest BCUT2D eigenvalue weighted by molar-refractivity contribution is 0.191. The van der Waals surface area contributed by atoms with Crippen LogP contribution in [0.4, 0.5) is 5.69 Å². The quantitative estimate of drug-likeness (QED) is 0.838. The van der Waals surface area contributed by atoms with Crippen LogP contribution in [-0.2, 0) is 0 Å². The molecule has 0 fully saturated rings. The zero-order valence-corrected chi connectivity index (χ0v) is 12.8. The average molecular weight is 371 g/mol. The first-order chi connectivity index (χ1) is 8.66. The number of hydrogen-bond donors (Lipinski definition) is 2. The summed E-state index contributed by atoms with van der Waals surface area (Å²) in [4.78, 5) is 0. The number of nitrogens with one attached hydrogen (secondary N) is 1. The van der Waals surface area contributed by atoms with E-state index < -0.39 is 6.10 Å². The van der Waals surface area contributed by atoms with Crippen molar-refractivity contribution in [2.75, 3.05) is 11.9 Å². The van der Waals surface area contributed by atoms with E-state index in [0.29, 0.717) is 6.54 Å². The molecule has 0 aliphatic rings. The molecule has 2 N–H and O–H groups in total. The summed E-state index contributed by atoms with van der Waals surface area (Å²) in [6, 6.07) is 15.5. The third-order valence-electron chi connectivity index (χ3n) is 2.60. The SMILES string of the molecule is OC(CNc1cc(Br)ccc1Br)c1ccccc1. The molecule has 0 bridgehead atoms. The van der Waals surface area contributed by atoms with Crippen molar-refractivity contribution >= 4 is 37.5 Å². The molecule has 1 unspecified atom stereocenters. The van der Waals surface area contributed by atoms with Crippen LogP contribution < -0.4 is 5.32 Å². The first kappa shape index (κ1) is 13.6. The summed E-state index contributed by atoms with van der Waals surface area (Å²) >= 11 is 6.90. The number of aliphatic hydroxyl groups excluding tert-OH is 1. The van der Waals surface area contributed by atoms with E-state index in [9.17, 15) is 5.11 Å². The van der Waals surface area contributed by atoms with Gasteiger partial charge < -0.3 is 10.4 Å². The van der Waals surface area contributed by atoms with E-state index in [1.807, 2.05) is 48.5 Å². The van der Waals surface area contributed by atoms with Crippen LogP contribution in [0.15, 0.2) is 57.5 Å². The molecule has 0 saturated heterocycles. The topological polar surface area (TPSA) is 32.3 Å². The minimum atomic E-state index is -0.517. The van der Waals surface area contributed by atoms with Gasteiger partial charge in [-0.1, -0.05) is 46.3 Å². The highest BCUT2D eigenvalue weighted by Gasteiger charge is 2.07. The van der Waals surface area contributed by atoms with Crippen LogP contribution in [0.25, 0.3) is 0 Å². The van der Waals surface area contributed by atoms with Gasteiger partial charge in [0.15, 0.2) is 0 Å². The first-order valence-electron chi connectivity index (χ1n) is 5.59. The third kappa shape index (κ3) is 3.57. The Morgan fingerprint density at radius 1 is 1.06 bits per heavy atom. The molecule has 94 valence electrons. The van der Waals surface area contributed by atoms with Gasteiger partial charge in [-0.2, -0.15) is 0 Å². The molecule has 0 heterocycles. The summed E-state index contributed by atoms with van der Waals surface area (Å²) in [5, 5.41) is 13.3. The molecule has 0 aromatic heterocycles. The molecule has 0 aliphatic heterocycles. The van der Waals surface area contributed by atoms with E-state index in [1.54, 1.807) is 0 Å². The van der Waals surface area contributed by atoms with Gasteiger partial charge in [-0.05, 0) is 39.7 Å². The fourth-order valence-corrected chi connectivity index (χ4v) is 2.38. The Hall–Kier alpha value is -0.840. The molecule has 2 aromatic carbocycles. The predicted octanol–water partition coefficient (Wildman–Crippen LogP) is 4.36. The van der Waals surface area contributed by atoms with Crippen molar-refractivity contribution in [3.8, 4) is 0 Å². The van der Waals surface area contributed by atoms with Crippen LogP contribution >= 0.6 is 31.9 Å². The molecule has 0 saturated carbocycles. The van der Waals surface area contributed by atoms with E-state index in [2.05, 4.69) is 37.2 Å². The predicted molar refractivity (Wildman–Crippen MR) is 81.7 cm³/mol. The van der Waals surface area contributed by atoms with Crippen molar-refractivity contribution in [2.24, 2.45) is 0 Å². The third-order valence-corrected chi connectivity index (χ3v) is 3.78. The summed E-state index contributed by atoms with van der Waals surface area (Å²) in [6.07, 6.45) is -0.517. The average Bonchev–Trinajstić information content (AvgIpc) is 2.40. The van der Waals surface area contributed by atoms with Gasteiger partial charge in [0.25, 0.3) is 0 Å². The summed E-state index contributed by atoms with van der Waals surface area (Å²) in [5.41, 5.74) is 1.87. The molecule has 2 nitrogen and oxygen atoms in total. The minimum Gasteiger partial charge on any atom is -0.387 e. The molecule has 4 heteroatoms. The van der Waals surface area contributed by atoms with Crippen molar-refractivity contribution in [1.82, 2.24) is 0 Å². The second-order valence-corrected chi connectivity index (χ2v) is 5.70. The number of halogens is 2. The highest BCUT2D eigenvalue weighted by molar-refractivity contribution is 9.11. The summed E-state index contributed by atoms with van der Waals surface area (Å²) < 4.78 is 1.98. The van der Waals surface area contributed by atoms with Gasteiger partial charge >= 0.3 is 0 Å². The summed E-state index contributed by atoms with van der Waals surface area (Å²) in [7, 11) is 0. The lowest BCUT2D eigenvalue weighted by Gasteiger charge is -2.14. The molecule has 2 rings (SSSR count). The summed E-state index contributed by atoms with van der Waals surface area (Å²) in [6.45, 7) is 0.471. The second-order valence-electron chi connectivity index (χ2n) is 3.93. The summed E-state index contributed by atoms with van der Waals surface area (Å²) in [5.74, 6) is 0. The Balaban J connectivity index is 2.01. The number of aliphatic hydroxyl groups is 1. The van der Waals surface area contributed by atoms with Gasteiger partial charge in [0.1, 0.15) is 0 Å². The maximum atomic E-state index is 10.1. The zero-order chi connectivity index (χ0) is 13.0. The van der Waals surface area contributed by atoms with Crippen molar-refractivity contribution < 1.29 is 5.11 Å². The standard InChI is InChI=1S/C14H13Br2NO/c15-11-6-7-12(16)13(8-11)17-9-14(18)10-4-2-1-3-5-10/h1-8,14,17-18H,9H2. The lowest BCUT2D eigenvalue weighted by Crippen LogP contribution is -2.12. The highest BCUT2D eigenvalue weighted by Crippen LogP contribution is 2.26. The molecule has 0 radical (unpaired) electrons. The maximum Gasteiger partial charge on any atom is 0.0962 e. The molecule has 18 heavy (non-hydrogen) atoms. The van der Waals surface area contributed by atoms with Gasteiger partial charge in [0.05, 0.1) is 6.10 Å². The van der Waals surface area contributed by atoms with E-state index >= 15 is 0 Å². The van der Waals surface area contributed by atoms with Gasteiger partial charge in [-0.15, -0.1) is 0 Å². The lowest BCUT2D eigenvalue weighted by atomic mass is 10.1. The van der Waals surface area contributed by atoms with Crippen LogP contribution in [0.3, 0.4) is 0 Å². The van der Waals surface area contributed by atoms with Crippen LogP contribution in [0.1, 0.15) is 11.7 Å². The molecule has 0 amide bonds. The first-order valence-corrected chi connectivity index (χ1v) is 7.17. The highest BCUT2D eigenvalue weighted by atomic mass is 79.9. The normalized spacial score (nSPS) is 12.2. The van der Waals surface area contributed by atoms with Crippen molar-refractivity contribution in [3.63, 3.8) is 0 Å². The van der Waals surface area contributed by atoms with E-state index in [4.69, 9.17) is 0 Å².